The zero-order chi connectivity index (χ0) is 13.5. The summed E-state index contributed by atoms with van der Waals surface area (Å²) >= 11 is 3.52. The van der Waals surface area contributed by atoms with E-state index in [-0.39, 0.29) is 6.61 Å². The number of aliphatic hydroxyl groups is 1. The molecule has 1 N–H and O–H groups in total. The van der Waals surface area contributed by atoms with E-state index in [1.54, 1.807) is 11.3 Å². The quantitative estimate of drug-likeness (QED) is 0.856. The molecule has 0 saturated heterocycles. The Kier molecular flexibility index (Phi) is 5.62. The van der Waals surface area contributed by atoms with Crippen LogP contribution in [0, 0.1) is 11.8 Å². The average molecular weight is 291 g/mol. The van der Waals surface area contributed by atoms with Gasteiger partial charge >= 0.3 is 0 Å². The number of rotatable bonds is 5. The van der Waals surface area contributed by atoms with Gasteiger partial charge in [-0.1, -0.05) is 17.9 Å². The van der Waals surface area contributed by atoms with Crippen LogP contribution in [0.2, 0.25) is 0 Å². The molecule has 0 saturated carbocycles. The van der Waals surface area contributed by atoms with E-state index in [0.29, 0.717) is 0 Å². The summed E-state index contributed by atoms with van der Waals surface area (Å²) in [6.07, 6.45) is 1.11. The highest BCUT2D eigenvalue weighted by Crippen LogP contribution is 2.17. The smallest absolute Gasteiger partial charge is 0.104 e. The first-order chi connectivity index (χ1) is 9.28. The molecule has 2 heterocycles. The Bertz CT molecular complexity index is 548. The number of hydrogen-bond acceptors (Lipinski definition) is 4. The van der Waals surface area contributed by atoms with Crippen molar-refractivity contribution in [2.45, 2.75) is 13.0 Å². The summed E-state index contributed by atoms with van der Waals surface area (Å²) in [6, 6.07) is 8.43. The maximum Gasteiger partial charge on any atom is 0.104 e. The lowest BCUT2D eigenvalue weighted by Crippen LogP contribution is -2.19. The van der Waals surface area contributed by atoms with Gasteiger partial charge in [-0.05, 0) is 37.0 Å². The van der Waals surface area contributed by atoms with Gasteiger partial charge in [0.2, 0.25) is 0 Å². The van der Waals surface area contributed by atoms with Crippen molar-refractivity contribution >= 4 is 22.7 Å². The molecule has 0 fully saturated rings. The van der Waals surface area contributed by atoms with Gasteiger partial charge < -0.3 is 10.0 Å². The molecular formula is C15H17NOS2. The molecule has 0 atom stereocenters. The molecule has 2 aromatic heterocycles. The molecule has 2 nitrogen and oxygen atoms in total. The monoisotopic (exact) mass is 291 g/mol. The Morgan fingerprint density at radius 1 is 1.26 bits per heavy atom. The van der Waals surface area contributed by atoms with Crippen LogP contribution in [0.15, 0.2) is 29.6 Å². The van der Waals surface area contributed by atoms with E-state index in [1.807, 2.05) is 17.4 Å². The molecule has 19 heavy (non-hydrogen) atoms. The van der Waals surface area contributed by atoms with E-state index in [2.05, 4.69) is 47.4 Å². The summed E-state index contributed by atoms with van der Waals surface area (Å²) in [5, 5.41) is 10.8. The molecule has 0 amide bonds. The van der Waals surface area contributed by atoms with Gasteiger partial charge in [0, 0.05) is 22.8 Å². The second kappa shape index (κ2) is 7.46. The van der Waals surface area contributed by atoms with Gasteiger partial charge in [-0.15, -0.1) is 22.7 Å². The van der Waals surface area contributed by atoms with Gasteiger partial charge in [-0.2, -0.15) is 0 Å². The molecule has 0 aliphatic rings. The van der Waals surface area contributed by atoms with Gasteiger partial charge in [0.25, 0.3) is 0 Å². The first-order valence-corrected chi connectivity index (χ1v) is 7.87. The SMILES string of the molecule is CN(CCc1cccs1)Cc1ccc(C#CCO)s1. The standard InChI is InChI=1S/C15H17NOS2/c1-16(9-8-13-5-3-11-18-13)12-15-7-6-14(19-15)4-2-10-17/h3,5-7,11,17H,8-10,12H2,1H3. The van der Waals surface area contributed by atoms with Crippen LogP contribution in [-0.2, 0) is 13.0 Å². The van der Waals surface area contributed by atoms with E-state index in [9.17, 15) is 0 Å². The van der Waals surface area contributed by atoms with Crippen LogP contribution >= 0.6 is 22.7 Å². The molecule has 2 rings (SSSR count). The Hall–Kier alpha value is -1.12. The molecule has 100 valence electrons. The Morgan fingerprint density at radius 2 is 2.16 bits per heavy atom. The van der Waals surface area contributed by atoms with Crippen molar-refractivity contribution in [2.75, 3.05) is 20.2 Å². The van der Waals surface area contributed by atoms with Gasteiger partial charge in [0.1, 0.15) is 6.61 Å². The first kappa shape index (κ1) is 14.3. The zero-order valence-corrected chi connectivity index (χ0v) is 12.6. The third-order valence-electron chi connectivity index (χ3n) is 2.70. The van der Waals surface area contributed by atoms with Crippen molar-refractivity contribution in [3.05, 3.63) is 44.3 Å². The van der Waals surface area contributed by atoms with Gasteiger partial charge in [0.15, 0.2) is 0 Å². The summed E-state index contributed by atoms with van der Waals surface area (Å²) in [5.74, 6) is 5.62. The fourth-order valence-electron chi connectivity index (χ4n) is 1.76. The van der Waals surface area contributed by atoms with Crippen molar-refractivity contribution in [1.82, 2.24) is 4.90 Å². The molecule has 4 heteroatoms. The molecule has 2 aromatic rings. The summed E-state index contributed by atoms with van der Waals surface area (Å²) in [4.78, 5) is 6.11. The first-order valence-electron chi connectivity index (χ1n) is 6.17. The Morgan fingerprint density at radius 3 is 2.89 bits per heavy atom. The van der Waals surface area contributed by atoms with E-state index in [0.717, 1.165) is 24.4 Å². The van der Waals surface area contributed by atoms with Gasteiger partial charge in [-0.3, -0.25) is 0 Å². The highest BCUT2D eigenvalue weighted by molar-refractivity contribution is 7.12. The molecule has 0 spiro atoms. The lowest BCUT2D eigenvalue weighted by atomic mass is 10.3. The van der Waals surface area contributed by atoms with E-state index >= 15 is 0 Å². The summed E-state index contributed by atoms with van der Waals surface area (Å²) in [6.45, 7) is 1.95. The van der Waals surface area contributed by atoms with Crippen LogP contribution in [-0.4, -0.2) is 30.2 Å². The topological polar surface area (TPSA) is 23.5 Å². The third-order valence-corrected chi connectivity index (χ3v) is 4.62. The van der Waals surface area contributed by atoms with E-state index in [4.69, 9.17) is 5.11 Å². The lowest BCUT2D eigenvalue weighted by molar-refractivity contribution is 0.335. The normalized spacial score (nSPS) is 10.5. The maximum atomic E-state index is 8.66. The molecule has 0 aromatic carbocycles. The van der Waals surface area contributed by atoms with E-state index in [1.165, 1.54) is 9.75 Å². The Balaban J connectivity index is 1.81. The van der Waals surface area contributed by atoms with Crippen molar-refractivity contribution < 1.29 is 5.11 Å². The highest BCUT2D eigenvalue weighted by Gasteiger charge is 2.04. The average Bonchev–Trinajstić information content (AvgIpc) is 3.05. The minimum atomic E-state index is -0.0754. The number of likely N-dealkylation sites (N-methyl/N-ethyl adjacent to an activating group) is 1. The van der Waals surface area contributed by atoms with Crippen LogP contribution in [0.5, 0.6) is 0 Å². The van der Waals surface area contributed by atoms with Crippen molar-refractivity contribution in [2.24, 2.45) is 0 Å². The minimum absolute atomic E-state index is 0.0754. The number of nitrogens with zero attached hydrogens (tertiary/aromatic N) is 1. The fourth-order valence-corrected chi connectivity index (χ4v) is 3.42. The number of hydrogen-bond donors (Lipinski definition) is 1. The van der Waals surface area contributed by atoms with Crippen LogP contribution in [0.1, 0.15) is 14.6 Å². The molecule has 0 bridgehead atoms. The van der Waals surface area contributed by atoms with Gasteiger partial charge in [0.05, 0.1) is 4.88 Å². The largest absolute Gasteiger partial charge is 0.384 e. The predicted molar refractivity (Wildman–Crippen MR) is 82.6 cm³/mol. The molecule has 0 aliphatic carbocycles. The second-order valence-electron chi connectivity index (χ2n) is 4.29. The summed E-state index contributed by atoms with van der Waals surface area (Å²) in [7, 11) is 2.15. The molecular weight excluding hydrogens is 274 g/mol. The summed E-state index contributed by atoms with van der Waals surface area (Å²) in [5.41, 5.74) is 0. The lowest BCUT2D eigenvalue weighted by Gasteiger charge is -2.14. The predicted octanol–water partition coefficient (Wildman–Crippen LogP) is 2.83. The van der Waals surface area contributed by atoms with Gasteiger partial charge in [-0.25, -0.2) is 0 Å². The van der Waals surface area contributed by atoms with Crippen molar-refractivity contribution in [3.63, 3.8) is 0 Å². The van der Waals surface area contributed by atoms with Crippen LogP contribution in [0.25, 0.3) is 0 Å². The van der Waals surface area contributed by atoms with Crippen molar-refractivity contribution in [3.8, 4) is 11.8 Å². The number of aliphatic hydroxyl groups excluding tert-OH is 1. The Labute approximate surface area is 122 Å². The molecule has 0 aliphatic heterocycles. The molecule has 0 radical (unpaired) electrons. The number of thiophene rings is 2. The minimum Gasteiger partial charge on any atom is -0.384 e. The molecule has 0 unspecified atom stereocenters. The van der Waals surface area contributed by atoms with Crippen LogP contribution in [0.3, 0.4) is 0 Å². The third kappa shape index (κ3) is 4.81. The summed E-state index contributed by atoms with van der Waals surface area (Å²) < 4.78 is 0. The zero-order valence-electron chi connectivity index (χ0n) is 10.9. The maximum absolute atomic E-state index is 8.66. The van der Waals surface area contributed by atoms with Crippen LogP contribution in [0.4, 0.5) is 0 Å². The second-order valence-corrected chi connectivity index (χ2v) is 6.49. The fraction of sp³-hybridized carbons (Fsp3) is 0.333. The van der Waals surface area contributed by atoms with Crippen LogP contribution < -0.4 is 0 Å². The van der Waals surface area contributed by atoms with E-state index < -0.39 is 0 Å². The highest BCUT2D eigenvalue weighted by atomic mass is 32.1. The van der Waals surface area contributed by atoms with Crippen molar-refractivity contribution in [1.29, 1.82) is 0 Å².